The molecule has 5 heteroatoms. The molecule has 1 fully saturated rings. The zero-order chi connectivity index (χ0) is 14.1. The second kappa shape index (κ2) is 5.18. The van der Waals surface area contributed by atoms with E-state index in [4.69, 9.17) is 4.42 Å². The fourth-order valence-electron chi connectivity index (χ4n) is 2.22. The van der Waals surface area contributed by atoms with Crippen molar-refractivity contribution in [1.29, 1.82) is 0 Å². The van der Waals surface area contributed by atoms with Crippen molar-refractivity contribution in [2.45, 2.75) is 25.4 Å². The lowest BCUT2D eigenvalue weighted by Crippen LogP contribution is -2.15. The lowest BCUT2D eigenvalue weighted by molar-refractivity contribution is 0.476. The number of benzene rings is 1. The zero-order valence-electron chi connectivity index (χ0n) is 11.6. The molecule has 1 aliphatic rings. The van der Waals surface area contributed by atoms with Crippen molar-refractivity contribution in [3.8, 4) is 17.0 Å². The third-order valence-corrected chi connectivity index (χ3v) is 3.56. The van der Waals surface area contributed by atoms with E-state index in [-0.39, 0.29) is 0 Å². The van der Waals surface area contributed by atoms with E-state index in [0.717, 1.165) is 22.9 Å². The average molecular weight is 280 g/mol. The molecule has 0 amide bonds. The molecular weight excluding hydrogens is 264 g/mol. The smallest absolute Gasteiger partial charge is 0.208 e. The number of nitrogens with zero attached hydrogens (tertiary/aromatic N) is 3. The molecule has 21 heavy (non-hydrogen) atoms. The maximum absolute atomic E-state index is 5.77. The molecule has 0 atom stereocenters. The minimum absolute atomic E-state index is 0.654. The standard InChI is InChI=1S/C16H16N4O/c1-2-4-14(5-3-1)20-11-12(8-19-20)15-9-18-16(21-15)10-17-13-6-7-13/h1-5,8-9,11,13,17H,6-7,10H2. The van der Waals surface area contributed by atoms with Gasteiger partial charge in [-0.25, -0.2) is 9.67 Å². The van der Waals surface area contributed by atoms with Crippen molar-refractivity contribution in [1.82, 2.24) is 20.1 Å². The van der Waals surface area contributed by atoms with Crippen LogP contribution in [0.15, 0.2) is 53.3 Å². The molecule has 1 saturated carbocycles. The van der Waals surface area contributed by atoms with Crippen LogP contribution < -0.4 is 5.32 Å². The first-order valence-corrected chi connectivity index (χ1v) is 7.17. The fourth-order valence-corrected chi connectivity index (χ4v) is 2.22. The molecule has 0 unspecified atom stereocenters. The average Bonchev–Trinajstić information content (AvgIpc) is 3.03. The van der Waals surface area contributed by atoms with Crippen molar-refractivity contribution >= 4 is 0 Å². The van der Waals surface area contributed by atoms with Gasteiger partial charge in [0.2, 0.25) is 5.89 Å². The predicted molar refractivity (Wildman–Crippen MR) is 78.9 cm³/mol. The molecule has 2 aromatic heterocycles. The molecule has 1 aliphatic carbocycles. The molecule has 1 aromatic carbocycles. The summed E-state index contributed by atoms with van der Waals surface area (Å²) in [7, 11) is 0. The first-order valence-electron chi connectivity index (χ1n) is 7.17. The highest BCUT2D eigenvalue weighted by atomic mass is 16.4. The SMILES string of the molecule is c1ccc(-n2cc(-c3cnc(CNC4CC4)o3)cn2)cc1. The highest BCUT2D eigenvalue weighted by molar-refractivity contribution is 5.54. The fraction of sp³-hybridized carbons (Fsp3) is 0.250. The minimum Gasteiger partial charge on any atom is -0.439 e. The van der Waals surface area contributed by atoms with Crippen LogP contribution in [0.3, 0.4) is 0 Å². The summed E-state index contributed by atoms with van der Waals surface area (Å²) in [5.74, 6) is 1.48. The molecule has 5 nitrogen and oxygen atoms in total. The van der Waals surface area contributed by atoms with Crippen molar-refractivity contribution in [2.24, 2.45) is 0 Å². The van der Waals surface area contributed by atoms with Gasteiger partial charge in [-0.2, -0.15) is 5.10 Å². The van der Waals surface area contributed by atoms with Crippen LogP contribution in [0, 0.1) is 0 Å². The number of para-hydroxylation sites is 1. The van der Waals surface area contributed by atoms with Crippen LogP contribution in [0.2, 0.25) is 0 Å². The van der Waals surface area contributed by atoms with E-state index >= 15 is 0 Å². The van der Waals surface area contributed by atoms with Gasteiger partial charge in [-0.3, -0.25) is 0 Å². The summed E-state index contributed by atoms with van der Waals surface area (Å²) in [6.07, 6.45) is 8.03. The van der Waals surface area contributed by atoms with Crippen LogP contribution in [-0.4, -0.2) is 20.8 Å². The summed E-state index contributed by atoms with van der Waals surface area (Å²) in [5.41, 5.74) is 1.96. The maximum atomic E-state index is 5.77. The summed E-state index contributed by atoms with van der Waals surface area (Å²) in [5, 5.41) is 7.76. The third-order valence-electron chi connectivity index (χ3n) is 3.56. The molecule has 0 saturated heterocycles. The quantitative estimate of drug-likeness (QED) is 0.780. The predicted octanol–water partition coefficient (Wildman–Crippen LogP) is 2.78. The summed E-state index contributed by atoms with van der Waals surface area (Å²) < 4.78 is 7.60. The summed E-state index contributed by atoms with van der Waals surface area (Å²) in [6, 6.07) is 10.7. The van der Waals surface area contributed by atoms with Crippen LogP contribution in [0.1, 0.15) is 18.7 Å². The van der Waals surface area contributed by atoms with Crippen molar-refractivity contribution in [3.05, 3.63) is 54.8 Å². The summed E-state index contributed by atoms with van der Waals surface area (Å²) >= 11 is 0. The lowest BCUT2D eigenvalue weighted by atomic mass is 10.3. The molecule has 0 aliphatic heterocycles. The van der Waals surface area contributed by atoms with Gasteiger partial charge in [0.25, 0.3) is 0 Å². The topological polar surface area (TPSA) is 55.9 Å². The third kappa shape index (κ3) is 2.73. The van der Waals surface area contributed by atoms with Crippen LogP contribution in [-0.2, 0) is 6.54 Å². The van der Waals surface area contributed by atoms with Gasteiger partial charge < -0.3 is 9.73 Å². The molecule has 2 heterocycles. The zero-order valence-corrected chi connectivity index (χ0v) is 11.6. The van der Waals surface area contributed by atoms with Crippen LogP contribution in [0.5, 0.6) is 0 Å². The Hall–Kier alpha value is -2.40. The van der Waals surface area contributed by atoms with Gasteiger partial charge in [-0.1, -0.05) is 18.2 Å². The number of hydrogen-bond acceptors (Lipinski definition) is 4. The number of rotatable bonds is 5. The van der Waals surface area contributed by atoms with Gasteiger partial charge in [0.1, 0.15) is 0 Å². The normalized spacial score (nSPS) is 14.5. The van der Waals surface area contributed by atoms with Crippen LogP contribution in [0.25, 0.3) is 17.0 Å². The van der Waals surface area contributed by atoms with E-state index in [1.807, 2.05) is 41.2 Å². The summed E-state index contributed by atoms with van der Waals surface area (Å²) in [4.78, 5) is 4.31. The molecule has 106 valence electrons. The highest BCUT2D eigenvalue weighted by Crippen LogP contribution is 2.22. The largest absolute Gasteiger partial charge is 0.439 e. The van der Waals surface area contributed by atoms with Gasteiger partial charge in [-0.15, -0.1) is 0 Å². The van der Waals surface area contributed by atoms with Crippen molar-refractivity contribution < 1.29 is 4.42 Å². The number of nitrogens with one attached hydrogen (secondary N) is 1. The van der Waals surface area contributed by atoms with E-state index in [2.05, 4.69) is 15.4 Å². The van der Waals surface area contributed by atoms with Crippen LogP contribution in [0.4, 0.5) is 0 Å². The number of oxazole rings is 1. The Balaban J connectivity index is 1.52. The van der Waals surface area contributed by atoms with Crippen molar-refractivity contribution in [3.63, 3.8) is 0 Å². The Kier molecular flexibility index (Phi) is 3.05. The molecular formula is C16H16N4O. The maximum Gasteiger partial charge on any atom is 0.208 e. The van der Waals surface area contributed by atoms with Gasteiger partial charge in [0, 0.05) is 12.2 Å². The molecule has 0 spiro atoms. The van der Waals surface area contributed by atoms with E-state index < -0.39 is 0 Å². The molecule has 4 rings (SSSR count). The number of hydrogen-bond donors (Lipinski definition) is 1. The van der Waals surface area contributed by atoms with E-state index in [1.54, 1.807) is 12.4 Å². The molecule has 0 radical (unpaired) electrons. The first kappa shape index (κ1) is 12.3. The van der Waals surface area contributed by atoms with E-state index in [1.165, 1.54) is 12.8 Å². The van der Waals surface area contributed by atoms with Crippen LogP contribution >= 0.6 is 0 Å². The van der Waals surface area contributed by atoms with E-state index in [9.17, 15) is 0 Å². The Bertz CT molecular complexity index is 728. The van der Waals surface area contributed by atoms with Gasteiger partial charge >= 0.3 is 0 Å². The van der Waals surface area contributed by atoms with E-state index in [0.29, 0.717) is 12.6 Å². The monoisotopic (exact) mass is 280 g/mol. The second-order valence-electron chi connectivity index (χ2n) is 5.28. The van der Waals surface area contributed by atoms with Gasteiger partial charge in [0.05, 0.1) is 30.2 Å². The summed E-state index contributed by atoms with van der Waals surface area (Å²) in [6.45, 7) is 0.692. The first-order chi connectivity index (χ1) is 10.4. The van der Waals surface area contributed by atoms with Gasteiger partial charge in [0.15, 0.2) is 5.76 Å². The Morgan fingerprint density at radius 2 is 2.05 bits per heavy atom. The lowest BCUT2D eigenvalue weighted by Gasteiger charge is -1.98. The Morgan fingerprint density at radius 1 is 1.19 bits per heavy atom. The van der Waals surface area contributed by atoms with Gasteiger partial charge in [-0.05, 0) is 25.0 Å². The Morgan fingerprint density at radius 3 is 2.86 bits per heavy atom. The number of aromatic nitrogens is 3. The Labute approximate surface area is 122 Å². The molecule has 3 aromatic rings. The second-order valence-corrected chi connectivity index (χ2v) is 5.28. The van der Waals surface area contributed by atoms with Crippen molar-refractivity contribution in [2.75, 3.05) is 0 Å². The minimum atomic E-state index is 0.654. The molecule has 1 N–H and O–H groups in total. The highest BCUT2D eigenvalue weighted by Gasteiger charge is 2.21. The molecule has 0 bridgehead atoms.